The van der Waals surface area contributed by atoms with Crippen molar-refractivity contribution in [2.24, 2.45) is 0 Å². The Balaban J connectivity index is 0. The monoisotopic (exact) mass is 378 g/mol. The molecule has 0 aliphatic rings. The lowest BCUT2D eigenvalue weighted by Gasteiger charge is -2.23. The topological polar surface area (TPSA) is 115 Å². The highest BCUT2D eigenvalue weighted by molar-refractivity contribution is 5.83. The van der Waals surface area contributed by atoms with Crippen LogP contribution in [0, 0.1) is 0 Å². The Morgan fingerprint density at radius 3 is 1.27 bits per heavy atom. The second kappa shape index (κ2) is 16.0. The molecule has 0 aromatic carbocycles. The summed E-state index contributed by atoms with van der Waals surface area (Å²) in [6.07, 6.45) is 9.87. The summed E-state index contributed by atoms with van der Waals surface area (Å²) in [6, 6.07) is 0. The van der Waals surface area contributed by atoms with E-state index >= 15 is 0 Å². The van der Waals surface area contributed by atoms with Gasteiger partial charge in [-0.15, -0.1) is 0 Å². The van der Waals surface area contributed by atoms with Crippen molar-refractivity contribution in [2.75, 3.05) is 27.7 Å². The van der Waals surface area contributed by atoms with Crippen molar-refractivity contribution in [2.45, 2.75) is 83.3 Å². The van der Waals surface area contributed by atoms with Crippen LogP contribution in [-0.2, 0) is 9.59 Å². The molecule has 0 rings (SSSR count). The molecule has 2 unspecified atom stereocenters. The summed E-state index contributed by atoms with van der Waals surface area (Å²) in [7, 11) is 6.86. The van der Waals surface area contributed by atoms with E-state index < -0.39 is 24.1 Å². The van der Waals surface area contributed by atoms with Crippen LogP contribution in [0.1, 0.15) is 71.1 Å². The molecule has 156 valence electrons. The standard InChI is InChI=1S/C15H34N.C4H6O6/c1-5-6-7-8-9-10-11-12-13-14-15-16(2,3)4;5-1(3(7)8)2(6)4(9)10/h5-15H2,1-4H3;1-2,5-6H,(H,7,8)(H,9,10)/q+1;. The molecule has 7 heteroatoms. The van der Waals surface area contributed by atoms with Gasteiger partial charge in [0.25, 0.3) is 0 Å². The molecule has 0 amide bonds. The van der Waals surface area contributed by atoms with Crippen LogP contribution < -0.4 is 0 Å². The first-order chi connectivity index (χ1) is 12.0. The number of aliphatic carboxylic acids is 2. The first-order valence-electron chi connectivity index (χ1n) is 9.65. The zero-order valence-electron chi connectivity index (χ0n) is 17.0. The molecule has 0 bridgehead atoms. The Morgan fingerprint density at radius 1 is 0.692 bits per heavy atom. The van der Waals surface area contributed by atoms with Crippen LogP contribution in [0.25, 0.3) is 0 Å². The van der Waals surface area contributed by atoms with Crippen molar-refractivity contribution < 1.29 is 34.5 Å². The van der Waals surface area contributed by atoms with E-state index in [9.17, 15) is 9.59 Å². The molecule has 0 aliphatic carbocycles. The highest BCUT2D eigenvalue weighted by Crippen LogP contribution is 2.11. The molecule has 0 aromatic heterocycles. The van der Waals surface area contributed by atoms with Gasteiger partial charge in [0.05, 0.1) is 27.7 Å². The van der Waals surface area contributed by atoms with Crippen LogP contribution in [0.15, 0.2) is 0 Å². The number of carboxylic acid groups (broad SMARTS) is 2. The maximum atomic E-state index is 9.77. The molecular weight excluding hydrogens is 338 g/mol. The van der Waals surface area contributed by atoms with E-state index in [1.54, 1.807) is 0 Å². The molecule has 7 nitrogen and oxygen atoms in total. The van der Waals surface area contributed by atoms with Gasteiger partial charge in [0, 0.05) is 0 Å². The van der Waals surface area contributed by atoms with Crippen molar-refractivity contribution in [1.82, 2.24) is 0 Å². The normalized spacial score (nSPS) is 13.5. The predicted octanol–water partition coefficient (Wildman–Crippen LogP) is 2.49. The third kappa shape index (κ3) is 19.1. The largest absolute Gasteiger partial charge is 0.479 e. The van der Waals surface area contributed by atoms with E-state index in [4.69, 9.17) is 20.4 Å². The lowest BCUT2D eigenvalue weighted by Crippen LogP contribution is -2.39. The second-order valence-electron chi connectivity index (χ2n) is 7.76. The summed E-state index contributed by atoms with van der Waals surface area (Å²) in [4.78, 5) is 19.5. The summed E-state index contributed by atoms with van der Waals surface area (Å²) in [5.41, 5.74) is 0. The molecule has 2 atom stereocenters. The molecule has 0 heterocycles. The van der Waals surface area contributed by atoms with Crippen LogP contribution in [-0.4, -0.2) is 76.7 Å². The summed E-state index contributed by atoms with van der Waals surface area (Å²) in [5, 5.41) is 32.5. The maximum Gasteiger partial charge on any atom is 0.335 e. The van der Waals surface area contributed by atoms with Gasteiger partial charge in [-0.05, 0) is 12.8 Å². The van der Waals surface area contributed by atoms with Crippen molar-refractivity contribution in [3.05, 3.63) is 0 Å². The number of carboxylic acids is 2. The van der Waals surface area contributed by atoms with E-state index in [2.05, 4.69) is 28.1 Å². The first kappa shape index (κ1) is 27.0. The highest BCUT2D eigenvalue weighted by Gasteiger charge is 2.29. The van der Waals surface area contributed by atoms with Crippen LogP contribution in [0.5, 0.6) is 0 Å². The Bertz CT molecular complexity index is 350. The smallest absolute Gasteiger partial charge is 0.335 e. The average Bonchev–Trinajstić information content (AvgIpc) is 2.54. The minimum absolute atomic E-state index is 1.12. The Morgan fingerprint density at radius 2 is 1.00 bits per heavy atom. The fourth-order valence-electron chi connectivity index (χ4n) is 2.34. The molecule has 0 saturated heterocycles. The van der Waals surface area contributed by atoms with E-state index in [0.29, 0.717) is 0 Å². The van der Waals surface area contributed by atoms with Crippen LogP contribution in [0.2, 0.25) is 0 Å². The minimum Gasteiger partial charge on any atom is -0.479 e. The van der Waals surface area contributed by atoms with E-state index in [0.717, 1.165) is 4.48 Å². The Kier molecular flexibility index (Phi) is 16.7. The molecule has 0 fully saturated rings. The quantitative estimate of drug-likeness (QED) is 0.273. The van der Waals surface area contributed by atoms with Gasteiger partial charge in [0.1, 0.15) is 0 Å². The fourth-order valence-corrected chi connectivity index (χ4v) is 2.34. The van der Waals surface area contributed by atoms with Crippen molar-refractivity contribution >= 4 is 11.9 Å². The summed E-state index contributed by atoms with van der Waals surface area (Å²) in [5.74, 6) is -3.54. The van der Waals surface area contributed by atoms with E-state index in [1.807, 2.05) is 0 Å². The number of aliphatic hydroxyl groups excluding tert-OH is 2. The van der Waals surface area contributed by atoms with Gasteiger partial charge in [0.2, 0.25) is 0 Å². The zero-order valence-corrected chi connectivity index (χ0v) is 17.0. The summed E-state index contributed by atoms with van der Waals surface area (Å²) >= 11 is 0. The maximum absolute atomic E-state index is 9.77. The SMILES string of the molecule is CCCCCCCCCCCC[N+](C)(C)C.O=C(O)C(O)C(O)C(=O)O. The summed E-state index contributed by atoms with van der Waals surface area (Å²) in [6.45, 7) is 3.62. The number of nitrogens with zero attached hydrogens (tertiary/aromatic N) is 1. The van der Waals surface area contributed by atoms with Gasteiger partial charge in [-0.1, -0.05) is 58.3 Å². The number of carbonyl (C=O) groups is 2. The van der Waals surface area contributed by atoms with Gasteiger partial charge in [-0.25, -0.2) is 9.59 Å². The fraction of sp³-hybridized carbons (Fsp3) is 0.895. The molecule has 0 saturated carbocycles. The van der Waals surface area contributed by atoms with Crippen molar-refractivity contribution in [1.29, 1.82) is 0 Å². The highest BCUT2D eigenvalue weighted by atomic mass is 16.4. The van der Waals surface area contributed by atoms with Crippen molar-refractivity contribution in [3.8, 4) is 0 Å². The zero-order chi connectivity index (χ0) is 20.6. The van der Waals surface area contributed by atoms with Crippen LogP contribution >= 0.6 is 0 Å². The molecule has 0 radical (unpaired) electrons. The van der Waals surface area contributed by atoms with Gasteiger partial charge in [-0.2, -0.15) is 0 Å². The third-order valence-corrected chi connectivity index (χ3v) is 3.99. The Hall–Kier alpha value is -1.18. The minimum atomic E-state index is -2.27. The number of hydrogen-bond donors (Lipinski definition) is 4. The van der Waals surface area contributed by atoms with Crippen molar-refractivity contribution in [3.63, 3.8) is 0 Å². The molecule has 0 aliphatic heterocycles. The number of unbranched alkanes of at least 4 members (excludes halogenated alkanes) is 9. The van der Waals surface area contributed by atoms with E-state index in [1.165, 1.54) is 70.8 Å². The number of hydrogen-bond acceptors (Lipinski definition) is 4. The molecule has 0 aromatic rings. The Labute approximate surface area is 158 Å². The number of rotatable bonds is 14. The van der Waals surface area contributed by atoms with E-state index in [-0.39, 0.29) is 0 Å². The number of quaternary nitrogens is 1. The number of aliphatic hydroxyl groups is 2. The first-order valence-corrected chi connectivity index (χ1v) is 9.65. The molecule has 4 N–H and O–H groups in total. The molecular formula is C19H40NO6+. The lowest BCUT2D eigenvalue weighted by molar-refractivity contribution is -0.870. The van der Waals surface area contributed by atoms with Crippen LogP contribution in [0.3, 0.4) is 0 Å². The van der Waals surface area contributed by atoms with Crippen LogP contribution in [0.4, 0.5) is 0 Å². The third-order valence-electron chi connectivity index (χ3n) is 3.99. The average molecular weight is 379 g/mol. The van der Waals surface area contributed by atoms with Gasteiger partial charge in [-0.3, -0.25) is 0 Å². The van der Waals surface area contributed by atoms with Gasteiger partial charge in [0.15, 0.2) is 12.2 Å². The second-order valence-corrected chi connectivity index (χ2v) is 7.76. The molecule has 26 heavy (non-hydrogen) atoms. The van der Waals surface area contributed by atoms with Gasteiger partial charge >= 0.3 is 11.9 Å². The predicted molar refractivity (Wildman–Crippen MR) is 102 cm³/mol. The lowest BCUT2D eigenvalue weighted by atomic mass is 10.1. The molecule has 0 spiro atoms. The van der Waals surface area contributed by atoms with Gasteiger partial charge < -0.3 is 24.9 Å². The summed E-state index contributed by atoms with van der Waals surface area (Å²) < 4.78 is 1.12.